The van der Waals surface area contributed by atoms with Crippen molar-refractivity contribution in [3.8, 4) is 0 Å². The number of hydrogen-bond acceptors (Lipinski definition) is 1. The van der Waals surface area contributed by atoms with Crippen molar-refractivity contribution in [2.75, 3.05) is 7.05 Å². The Morgan fingerprint density at radius 1 is 1.00 bits per heavy atom. The van der Waals surface area contributed by atoms with Gasteiger partial charge in [0.25, 0.3) is 0 Å². The number of nitrogens with two attached hydrogens (primary N) is 1. The molecule has 0 rings (SSSR count). The molecule has 0 spiro atoms. The molecule has 0 aliphatic heterocycles. The molecule has 0 radical (unpaired) electrons. The third kappa shape index (κ3) is 70.4. The van der Waals surface area contributed by atoms with Crippen LogP contribution in [0.4, 0.5) is 0 Å². The molecule has 0 fully saturated rings. The van der Waals surface area contributed by atoms with E-state index in [9.17, 15) is 0 Å². The second-order valence-corrected chi connectivity index (χ2v) is 33.8. The topological polar surface area (TPSA) is 26.0 Å². The molecule has 0 amide bonds. The van der Waals surface area contributed by atoms with Crippen molar-refractivity contribution in [2.24, 2.45) is 5.73 Å². The standard InChI is InChI=1S/CH5N.4ClH.Pb/c1-2;;;;;/h2H2,1H3;4*1H;/q;;;;;+4/p-4. The zero-order valence-corrected chi connectivity index (χ0v) is 10.5. The Morgan fingerprint density at radius 3 is 1.00 bits per heavy atom. The van der Waals surface area contributed by atoms with Crippen LogP contribution in [0.25, 0.3) is 0 Å². The second-order valence-electron chi connectivity index (χ2n) is 0.429. The molecule has 0 aromatic rings. The first-order chi connectivity index (χ1) is 3.00. The van der Waals surface area contributed by atoms with Crippen LogP contribution in [0.15, 0.2) is 0 Å². The summed E-state index contributed by atoms with van der Waals surface area (Å²) in [6.07, 6.45) is 0. The number of hydrogen-bond donors (Lipinski definition) is 1. The summed E-state index contributed by atoms with van der Waals surface area (Å²) in [5.41, 5.74) is 4.50. The van der Waals surface area contributed by atoms with Gasteiger partial charge in [0.1, 0.15) is 0 Å². The van der Waals surface area contributed by atoms with Crippen LogP contribution >= 0.6 is 33.3 Å². The third-order valence-corrected chi connectivity index (χ3v) is 0. The first-order valence-electron chi connectivity index (χ1n) is 1.33. The van der Waals surface area contributed by atoms with Gasteiger partial charge < -0.3 is 5.73 Å². The minimum absolute atomic E-state index is 1.50. The quantitative estimate of drug-likeness (QED) is 0.639. The van der Waals surface area contributed by atoms with E-state index in [2.05, 4.69) is 5.73 Å². The van der Waals surface area contributed by atoms with Crippen LogP contribution in [0.5, 0.6) is 0 Å². The van der Waals surface area contributed by atoms with Gasteiger partial charge in [0.15, 0.2) is 0 Å². The van der Waals surface area contributed by atoms with Gasteiger partial charge in [0, 0.05) is 0 Å². The minimum atomic E-state index is -3.39. The summed E-state index contributed by atoms with van der Waals surface area (Å²) < 4.78 is 0. The van der Waals surface area contributed by atoms with E-state index < -0.39 is 16.3 Å². The normalized spacial score (nSPS) is 9.43. The summed E-state index contributed by atoms with van der Waals surface area (Å²) in [7, 11) is 21.7. The van der Waals surface area contributed by atoms with Gasteiger partial charge in [-0.05, 0) is 7.05 Å². The summed E-state index contributed by atoms with van der Waals surface area (Å²) in [4.78, 5) is 0. The second kappa shape index (κ2) is 6.17. The molecule has 0 aromatic heterocycles. The zero-order valence-electron chi connectivity index (χ0n) is 3.59. The maximum absolute atomic E-state index is 5.05. The van der Waals surface area contributed by atoms with Crippen molar-refractivity contribution in [1.82, 2.24) is 0 Å². The average molecular weight is 380 g/mol. The van der Waals surface area contributed by atoms with E-state index in [1.807, 2.05) is 0 Å². The van der Waals surface area contributed by atoms with E-state index >= 15 is 0 Å². The molecule has 0 atom stereocenters. The van der Waals surface area contributed by atoms with Crippen molar-refractivity contribution >= 4 is 49.5 Å². The molecular weight excluding hydrogens is 375 g/mol. The summed E-state index contributed by atoms with van der Waals surface area (Å²) in [6.45, 7) is 0. The fraction of sp³-hybridized carbons (Fsp3) is 1.00. The van der Waals surface area contributed by atoms with E-state index in [0.29, 0.717) is 0 Å². The van der Waals surface area contributed by atoms with Gasteiger partial charge in [0.2, 0.25) is 0 Å². The zero-order chi connectivity index (χ0) is 6.50. The van der Waals surface area contributed by atoms with Crippen molar-refractivity contribution in [2.45, 2.75) is 0 Å². The molecule has 0 bridgehead atoms. The van der Waals surface area contributed by atoms with Crippen LogP contribution < -0.4 is 5.73 Å². The van der Waals surface area contributed by atoms with E-state index in [1.54, 1.807) is 0 Å². The summed E-state index contributed by atoms with van der Waals surface area (Å²) >= 11 is -3.39. The Hall–Kier alpha value is 2.04. The molecule has 0 aliphatic carbocycles. The Morgan fingerprint density at radius 2 is 1.00 bits per heavy atom. The number of rotatable bonds is 0. The molecular formula is CH5Cl4NPb. The van der Waals surface area contributed by atoms with Gasteiger partial charge >= 0.3 is 49.5 Å². The van der Waals surface area contributed by atoms with E-state index in [4.69, 9.17) is 33.3 Å². The van der Waals surface area contributed by atoms with E-state index in [1.165, 1.54) is 7.05 Å². The van der Waals surface area contributed by atoms with Gasteiger partial charge in [-0.15, -0.1) is 0 Å². The summed E-state index contributed by atoms with van der Waals surface area (Å²) in [5, 5.41) is 0. The van der Waals surface area contributed by atoms with E-state index in [0.717, 1.165) is 0 Å². The first-order valence-corrected chi connectivity index (χ1v) is 20.5. The van der Waals surface area contributed by atoms with Crippen LogP contribution in [-0.2, 0) is 0 Å². The molecule has 0 unspecified atom stereocenters. The van der Waals surface area contributed by atoms with Crippen molar-refractivity contribution < 1.29 is 0 Å². The molecule has 1 nitrogen and oxygen atoms in total. The maximum atomic E-state index is 5.05. The number of halogens is 4. The molecule has 0 saturated heterocycles. The molecule has 0 heterocycles. The fourth-order valence-corrected chi connectivity index (χ4v) is 0. The SMILES string of the molecule is CN.[Cl][Pb]([Cl])([Cl])[Cl]. The Balaban J connectivity index is 0. The fourth-order valence-electron chi connectivity index (χ4n) is 0. The van der Waals surface area contributed by atoms with Crippen molar-refractivity contribution in [3.05, 3.63) is 0 Å². The van der Waals surface area contributed by atoms with E-state index in [-0.39, 0.29) is 0 Å². The average Bonchev–Trinajstić information content (AvgIpc) is 1.36. The predicted octanol–water partition coefficient (Wildman–Crippen LogP) is 1.95. The molecule has 46 valence electrons. The third-order valence-electron chi connectivity index (χ3n) is 0. The molecule has 7 heavy (non-hydrogen) atoms. The van der Waals surface area contributed by atoms with Gasteiger partial charge in [0.05, 0.1) is 0 Å². The Bertz CT molecular complexity index is 27.2. The van der Waals surface area contributed by atoms with Crippen LogP contribution in [0.2, 0.25) is 0 Å². The predicted molar refractivity (Wildman–Crippen MR) is 39.3 cm³/mol. The summed E-state index contributed by atoms with van der Waals surface area (Å²) in [5.74, 6) is 0. The Labute approximate surface area is 61.6 Å². The van der Waals surface area contributed by atoms with Gasteiger partial charge in [-0.1, -0.05) is 0 Å². The van der Waals surface area contributed by atoms with Crippen LogP contribution in [-0.4, -0.2) is 23.3 Å². The molecule has 6 heteroatoms. The van der Waals surface area contributed by atoms with Gasteiger partial charge in [-0.25, -0.2) is 0 Å². The van der Waals surface area contributed by atoms with Crippen LogP contribution in [0.3, 0.4) is 0 Å². The van der Waals surface area contributed by atoms with Gasteiger partial charge in [-0.2, -0.15) is 0 Å². The van der Waals surface area contributed by atoms with Crippen molar-refractivity contribution in [1.29, 1.82) is 0 Å². The molecule has 0 saturated carbocycles. The molecule has 2 N–H and O–H groups in total. The molecule has 0 aliphatic rings. The monoisotopic (exact) mass is 379 g/mol. The van der Waals surface area contributed by atoms with Gasteiger partial charge in [-0.3, -0.25) is 0 Å². The van der Waals surface area contributed by atoms with Crippen LogP contribution in [0.1, 0.15) is 0 Å². The first kappa shape index (κ1) is 11.8. The summed E-state index contributed by atoms with van der Waals surface area (Å²) in [6, 6.07) is 0. The Kier molecular flexibility index (Phi) is 10.4. The molecule has 0 aromatic carbocycles. The van der Waals surface area contributed by atoms with Crippen LogP contribution in [0, 0.1) is 0 Å². The van der Waals surface area contributed by atoms with Crippen molar-refractivity contribution in [3.63, 3.8) is 0 Å².